The van der Waals surface area contributed by atoms with Gasteiger partial charge in [0.2, 0.25) is 0 Å². The Hall–Kier alpha value is 6.52. The van der Waals surface area contributed by atoms with E-state index in [0.29, 0.717) is 8.68 Å². The first kappa shape index (κ1) is 64.1. The molecule has 0 fully saturated rings. The molecule has 0 aliphatic heterocycles. The summed E-state index contributed by atoms with van der Waals surface area (Å²) in [4.78, 5) is 0. The van der Waals surface area contributed by atoms with Crippen molar-refractivity contribution in [1.29, 1.82) is 5.26 Å². The normalized spacial score (nSPS) is 10.0. The van der Waals surface area contributed by atoms with Crippen molar-refractivity contribution >= 4 is 102 Å². The van der Waals surface area contributed by atoms with E-state index in [0.717, 1.165) is 8.68 Å². The molecule has 206 valence electrons. The predicted molar refractivity (Wildman–Crippen MR) is 122 cm³/mol. The summed E-state index contributed by atoms with van der Waals surface area (Å²) in [5, 5.41) is 22.1. The second-order valence-corrected chi connectivity index (χ2v) is 12.7. The standard InChI is InChI=1S/C4H6N2S3.C2H2N2S3.C2H3N.CClF3O2S.CHF3O2S.ClH.4K/c1-7-3-5-6-4(8-2)9-3;5-1-3-4-2(6)7-1;1-2-3;2-8(6,7)1(3,4)5;2-1(3,4)7(5)6;;;;;/h1-2H3;(H,3,5)(H,4,6);1H3;;(H,5,6);1H;;;;/q;;;;;;4*+1/p-4. The van der Waals surface area contributed by atoms with Gasteiger partial charge in [0.1, 0.15) is 0 Å². The van der Waals surface area contributed by atoms with Gasteiger partial charge in [-0.2, -0.15) is 41.8 Å². The maximum absolute atomic E-state index is 10.8. The molecule has 39 heavy (non-hydrogen) atoms. The molecule has 1 atom stereocenters. The number of hydrogen-bond acceptors (Lipinski definition) is 15. The monoisotopic (exact) mass is 859 g/mol. The van der Waals surface area contributed by atoms with Gasteiger partial charge in [-0.3, -0.25) is 4.21 Å². The quantitative estimate of drug-likeness (QED) is 0.0704. The Labute approximate surface area is 431 Å². The van der Waals surface area contributed by atoms with Crippen LogP contribution in [0.2, 0.25) is 0 Å². The van der Waals surface area contributed by atoms with Crippen LogP contribution in [0.3, 0.4) is 0 Å². The van der Waals surface area contributed by atoms with Crippen LogP contribution in [0.15, 0.2) is 17.4 Å². The zero-order chi connectivity index (χ0) is 27.8. The van der Waals surface area contributed by atoms with Crippen molar-refractivity contribution in [2.24, 2.45) is 0 Å². The van der Waals surface area contributed by atoms with Crippen LogP contribution in [-0.2, 0) is 45.4 Å². The Morgan fingerprint density at radius 1 is 0.923 bits per heavy atom. The second-order valence-electron chi connectivity index (χ2n) is 3.86. The molecule has 0 saturated carbocycles. The number of rotatable bonds is 2. The molecular formula is C10H9Cl2F6K4N5O4S8. The number of nitriles is 1. The first-order chi connectivity index (χ1) is 15.3. The van der Waals surface area contributed by atoms with E-state index < -0.39 is 31.1 Å². The van der Waals surface area contributed by atoms with Crippen molar-refractivity contribution < 1.29 is 261 Å². The number of aromatic nitrogens is 4. The minimum Gasteiger partial charge on any atom is -1.00 e. The summed E-state index contributed by atoms with van der Waals surface area (Å²) in [6, 6.07) is 1.75. The molecule has 0 aliphatic carbocycles. The molecular weight excluding hydrogens is 852 g/mol. The first-order valence-electron chi connectivity index (χ1n) is 6.83. The van der Waals surface area contributed by atoms with Crippen LogP contribution in [0.4, 0.5) is 26.3 Å². The first-order valence-corrected chi connectivity index (χ1v) is 15.1. The van der Waals surface area contributed by atoms with Crippen molar-refractivity contribution in [3.05, 3.63) is 0 Å². The number of alkyl halides is 6. The zero-order valence-electron chi connectivity index (χ0n) is 20.7. The second kappa shape index (κ2) is 35.8. The Morgan fingerprint density at radius 3 is 1.23 bits per heavy atom. The molecule has 2 rings (SSSR count). The van der Waals surface area contributed by atoms with Crippen LogP contribution >= 0.6 is 56.9 Å². The average Bonchev–Trinajstić information content (AvgIpc) is 3.29. The molecule has 0 bridgehead atoms. The van der Waals surface area contributed by atoms with Gasteiger partial charge in [-0.1, -0.05) is 34.9 Å². The van der Waals surface area contributed by atoms with Crippen LogP contribution in [0.1, 0.15) is 6.92 Å². The van der Waals surface area contributed by atoms with Gasteiger partial charge in [-0.25, -0.2) is 8.42 Å². The minimum atomic E-state index is -5.37. The van der Waals surface area contributed by atoms with Gasteiger partial charge in [0.05, 0.1) is 17.1 Å². The smallest absolute Gasteiger partial charge is 1.00 e. The number of halogens is 8. The topological polar surface area (TPSA) is 150 Å². The van der Waals surface area contributed by atoms with E-state index in [1.165, 1.54) is 18.3 Å². The Morgan fingerprint density at radius 2 is 1.15 bits per heavy atom. The van der Waals surface area contributed by atoms with E-state index in [-0.39, 0.29) is 218 Å². The fourth-order valence-corrected chi connectivity index (χ4v) is 3.44. The summed E-state index contributed by atoms with van der Waals surface area (Å²) in [5.41, 5.74) is -10.4. The predicted octanol–water partition coefficient (Wildman–Crippen LogP) is -10.7. The van der Waals surface area contributed by atoms with Crippen molar-refractivity contribution in [3.63, 3.8) is 0 Å². The number of thioether (sulfide) groups is 2. The molecule has 2 aromatic rings. The van der Waals surface area contributed by atoms with Gasteiger partial charge >= 0.3 is 226 Å². The van der Waals surface area contributed by atoms with Gasteiger partial charge in [-0.05, 0) is 21.2 Å². The molecule has 0 saturated heterocycles. The molecule has 29 heteroatoms. The van der Waals surface area contributed by atoms with Crippen molar-refractivity contribution in [2.45, 2.75) is 35.3 Å². The Bertz CT molecular complexity index is 982. The van der Waals surface area contributed by atoms with Crippen molar-refractivity contribution in [1.82, 2.24) is 20.4 Å². The fourth-order valence-electron chi connectivity index (χ4n) is 0.559. The number of nitrogens with zero attached hydrogens (tertiary/aromatic N) is 5. The van der Waals surface area contributed by atoms with Crippen LogP contribution in [0, 0.1) is 11.3 Å². The SMILES string of the molecule is CC#N.CSc1nnc(SC)s1.O=S(=O)(Cl)C(F)(F)F.O=S([O-])C(F)(F)F.[Cl-].[K+].[K+].[K+].[K+].[S-]c1nnc([S-])s1. The molecule has 2 aromatic heterocycles. The molecule has 0 amide bonds. The molecule has 9 nitrogen and oxygen atoms in total. The van der Waals surface area contributed by atoms with Crippen LogP contribution in [0.5, 0.6) is 0 Å². The van der Waals surface area contributed by atoms with E-state index in [1.54, 1.807) is 40.9 Å². The van der Waals surface area contributed by atoms with Gasteiger partial charge in [0.15, 0.2) is 8.68 Å². The zero-order valence-corrected chi connectivity index (χ0v) is 41.2. The van der Waals surface area contributed by atoms with E-state index in [1.807, 2.05) is 12.5 Å². The summed E-state index contributed by atoms with van der Waals surface area (Å²) in [6.07, 6.45) is 4.01. The van der Waals surface area contributed by atoms with Gasteiger partial charge in [0.25, 0.3) is 0 Å². The summed E-state index contributed by atoms with van der Waals surface area (Å²) >= 11 is 11.4. The third kappa shape index (κ3) is 42.5. The van der Waals surface area contributed by atoms with E-state index in [4.69, 9.17) is 14.0 Å². The number of hydrogen-bond donors (Lipinski definition) is 0. The molecule has 0 radical (unpaired) electrons. The van der Waals surface area contributed by atoms with E-state index in [2.05, 4.69) is 56.3 Å². The van der Waals surface area contributed by atoms with Crippen LogP contribution in [0.25, 0.3) is 0 Å². The van der Waals surface area contributed by atoms with E-state index >= 15 is 0 Å². The van der Waals surface area contributed by atoms with Crippen molar-refractivity contribution in [2.75, 3.05) is 12.5 Å². The van der Waals surface area contributed by atoms with Gasteiger partial charge in [0, 0.05) is 17.6 Å². The molecule has 0 aromatic carbocycles. The Kier molecular flexibility index (Phi) is 58.8. The molecule has 0 N–H and O–H groups in total. The van der Waals surface area contributed by atoms with Gasteiger partial charge in [-0.15, -0.1) is 10.2 Å². The third-order valence-electron chi connectivity index (χ3n) is 1.59. The van der Waals surface area contributed by atoms with Crippen molar-refractivity contribution in [3.8, 4) is 6.07 Å². The summed E-state index contributed by atoms with van der Waals surface area (Å²) in [6.45, 7) is 1.43. The third-order valence-corrected chi connectivity index (χ3v) is 7.10. The maximum atomic E-state index is 10.8. The largest absolute Gasteiger partial charge is 1.00 e. The van der Waals surface area contributed by atoms with Gasteiger partial charge < -0.3 is 53.6 Å². The van der Waals surface area contributed by atoms with E-state index in [9.17, 15) is 34.8 Å². The Balaban J connectivity index is -0.0000000510. The van der Waals surface area contributed by atoms with Crippen LogP contribution < -0.4 is 218 Å². The minimum absolute atomic E-state index is 0. The molecule has 0 aliphatic rings. The maximum Gasteiger partial charge on any atom is 1.00 e. The summed E-state index contributed by atoms with van der Waals surface area (Å²) < 4.78 is 104. The fraction of sp³-hybridized carbons (Fsp3) is 0.500. The molecule has 1 unspecified atom stereocenters. The summed E-state index contributed by atoms with van der Waals surface area (Å²) in [7, 11) is -1.51. The molecule has 2 heterocycles. The van der Waals surface area contributed by atoms with Crippen LogP contribution in [-0.4, -0.2) is 61.1 Å². The summed E-state index contributed by atoms with van der Waals surface area (Å²) in [5.74, 6) is 0. The average molecular weight is 861 g/mol. The molecule has 0 spiro atoms.